The van der Waals surface area contributed by atoms with Crippen molar-refractivity contribution in [3.63, 3.8) is 0 Å². The zero-order valence-electron chi connectivity index (χ0n) is 18.1. The highest BCUT2D eigenvalue weighted by Crippen LogP contribution is 2.32. The van der Waals surface area contributed by atoms with Gasteiger partial charge < -0.3 is 10.6 Å². The minimum absolute atomic E-state index is 0.309. The molecule has 0 aliphatic heterocycles. The third-order valence-corrected chi connectivity index (χ3v) is 5.00. The number of pyridine rings is 1. The summed E-state index contributed by atoms with van der Waals surface area (Å²) in [5.74, 6) is -0.0188. The molecule has 6 nitrogen and oxygen atoms in total. The van der Waals surface area contributed by atoms with E-state index in [1.807, 2.05) is 0 Å². The fraction of sp³-hybridized carbons (Fsp3) is 0.0385. The number of urea groups is 1. The summed E-state index contributed by atoms with van der Waals surface area (Å²) in [7, 11) is 0. The van der Waals surface area contributed by atoms with E-state index in [0.717, 1.165) is 12.1 Å². The minimum atomic E-state index is -4.43. The Morgan fingerprint density at radius 1 is 0.686 bits per heavy atom. The maximum Gasteiger partial charge on any atom is 0.416 e. The van der Waals surface area contributed by atoms with Gasteiger partial charge in [0.15, 0.2) is 0 Å². The molecule has 0 spiro atoms. The molecule has 1 aromatic heterocycles. The smallest absolute Gasteiger partial charge is 0.322 e. The summed E-state index contributed by atoms with van der Waals surface area (Å²) >= 11 is 0. The van der Waals surface area contributed by atoms with Crippen LogP contribution in [0.5, 0.6) is 0 Å². The average Bonchev–Trinajstić information content (AvgIpc) is 2.85. The standard InChI is InChI=1S/C26H19F3N4O2/c27-26(28,29)18-10-8-17(9-11-18)21-5-1-2-6-22(21)24(34)31-19-12-14-20(15-13-19)32-25(35)33-23-7-3-4-16-30-23/h1-16H,(H,31,34)(H2,30,32,33,35). The predicted molar refractivity (Wildman–Crippen MR) is 128 cm³/mol. The fourth-order valence-corrected chi connectivity index (χ4v) is 3.32. The molecule has 4 aromatic rings. The summed E-state index contributed by atoms with van der Waals surface area (Å²) in [5, 5.41) is 8.03. The number of aromatic nitrogens is 1. The van der Waals surface area contributed by atoms with Gasteiger partial charge in [0.05, 0.1) is 5.56 Å². The van der Waals surface area contributed by atoms with Crippen LogP contribution in [-0.4, -0.2) is 16.9 Å². The van der Waals surface area contributed by atoms with E-state index in [-0.39, 0.29) is 0 Å². The van der Waals surface area contributed by atoms with Gasteiger partial charge in [-0.25, -0.2) is 9.78 Å². The van der Waals surface area contributed by atoms with Crippen molar-refractivity contribution >= 4 is 29.1 Å². The van der Waals surface area contributed by atoms with Gasteiger partial charge in [-0.3, -0.25) is 10.1 Å². The molecule has 0 saturated heterocycles. The summed E-state index contributed by atoms with van der Waals surface area (Å²) in [4.78, 5) is 29.0. The molecule has 35 heavy (non-hydrogen) atoms. The first-order valence-electron chi connectivity index (χ1n) is 10.5. The molecular weight excluding hydrogens is 457 g/mol. The zero-order valence-corrected chi connectivity index (χ0v) is 18.1. The second-order valence-electron chi connectivity index (χ2n) is 7.45. The Labute approximate surface area is 198 Å². The number of rotatable bonds is 5. The third kappa shape index (κ3) is 6.02. The lowest BCUT2D eigenvalue weighted by atomic mass is 9.98. The number of hydrogen-bond donors (Lipinski definition) is 3. The first-order chi connectivity index (χ1) is 16.8. The number of amides is 3. The van der Waals surface area contributed by atoms with Gasteiger partial charge in [0, 0.05) is 23.1 Å². The van der Waals surface area contributed by atoms with Gasteiger partial charge in [0.2, 0.25) is 0 Å². The van der Waals surface area contributed by atoms with Crippen LogP contribution >= 0.6 is 0 Å². The molecule has 0 aliphatic carbocycles. The average molecular weight is 476 g/mol. The van der Waals surface area contributed by atoms with E-state index in [1.165, 1.54) is 12.1 Å². The Morgan fingerprint density at radius 3 is 1.94 bits per heavy atom. The SMILES string of the molecule is O=C(Nc1ccc(NC(=O)c2ccccc2-c2ccc(C(F)(F)F)cc2)cc1)Nc1ccccn1. The molecular formula is C26H19F3N4O2. The Hall–Kier alpha value is -4.66. The maximum absolute atomic E-state index is 12.9. The van der Waals surface area contributed by atoms with Crippen LogP contribution < -0.4 is 16.0 Å². The summed E-state index contributed by atoms with van der Waals surface area (Å²) in [6.45, 7) is 0. The summed E-state index contributed by atoms with van der Waals surface area (Å²) in [5.41, 5.74) is 1.52. The molecule has 3 amide bonds. The minimum Gasteiger partial charge on any atom is -0.322 e. The number of anilines is 3. The largest absolute Gasteiger partial charge is 0.416 e. The van der Waals surface area contributed by atoms with Crippen LogP contribution in [0.2, 0.25) is 0 Å². The van der Waals surface area contributed by atoms with Gasteiger partial charge >= 0.3 is 12.2 Å². The number of carbonyl (C=O) groups excluding carboxylic acids is 2. The maximum atomic E-state index is 12.9. The molecule has 0 radical (unpaired) electrons. The molecule has 176 valence electrons. The topological polar surface area (TPSA) is 83.1 Å². The monoisotopic (exact) mass is 476 g/mol. The molecule has 0 atom stereocenters. The zero-order chi connectivity index (χ0) is 24.8. The van der Waals surface area contributed by atoms with Crippen LogP contribution in [0, 0.1) is 0 Å². The predicted octanol–water partition coefficient (Wildman–Crippen LogP) is 6.66. The number of alkyl halides is 3. The van der Waals surface area contributed by atoms with Gasteiger partial charge in [-0.2, -0.15) is 13.2 Å². The molecule has 9 heteroatoms. The van der Waals surface area contributed by atoms with E-state index in [0.29, 0.717) is 33.9 Å². The quantitative estimate of drug-likeness (QED) is 0.301. The van der Waals surface area contributed by atoms with E-state index >= 15 is 0 Å². The molecule has 1 heterocycles. The number of hydrogen-bond acceptors (Lipinski definition) is 3. The fourth-order valence-electron chi connectivity index (χ4n) is 3.32. The van der Waals surface area contributed by atoms with E-state index in [9.17, 15) is 22.8 Å². The van der Waals surface area contributed by atoms with E-state index in [2.05, 4.69) is 20.9 Å². The van der Waals surface area contributed by atoms with Crippen molar-refractivity contribution in [2.75, 3.05) is 16.0 Å². The summed E-state index contributed by atoms with van der Waals surface area (Å²) < 4.78 is 38.6. The highest BCUT2D eigenvalue weighted by molar-refractivity contribution is 6.09. The van der Waals surface area contributed by atoms with Crippen LogP contribution in [0.15, 0.2) is 97.2 Å². The van der Waals surface area contributed by atoms with E-state index in [4.69, 9.17) is 0 Å². The molecule has 0 unspecified atom stereocenters. The molecule has 0 aliphatic rings. The molecule has 0 saturated carbocycles. The van der Waals surface area contributed by atoms with Crippen molar-refractivity contribution in [3.8, 4) is 11.1 Å². The Morgan fingerprint density at radius 2 is 1.31 bits per heavy atom. The number of nitrogens with zero attached hydrogens (tertiary/aromatic N) is 1. The first-order valence-corrected chi connectivity index (χ1v) is 10.5. The van der Waals surface area contributed by atoms with Gasteiger partial charge in [0.25, 0.3) is 5.91 Å². The van der Waals surface area contributed by atoms with E-state index in [1.54, 1.807) is 72.9 Å². The molecule has 4 rings (SSSR count). The van der Waals surface area contributed by atoms with Crippen molar-refractivity contribution in [2.45, 2.75) is 6.18 Å². The highest BCUT2D eigenvalue weighted by atomic mass is 19.4. The first kappa shape index (κ1) is 23.5. The summed E-state index contributed by atoms with van der Waals surface area (Å²) in [6.07, 6.45) is -2.88. The van der Waals surface area contributed by atoms with Gasteiger partial charge in [-0.15, -0.1) is 0 Å². The van der Waals surface area contributed by atoms with Crippen molar-refractivity contribution in [1.29, 1.82) is 0 Å². The summed E-state index contributed by atoms with van der Waals surface area (Å²) in [6, 6.07) is 22.5. The second-order valence-corrected chi connectivity index (χ2v) is 7.45. The molecule has 3 aromatic carbocycles. The Balaban J connectivity index is 1.43. The number of carbonyl (C=O) groups is 2. The lowest BCUT2D eigenvalue weighted by Crippen LogP contribution is -2.20. The molecule has 3 N–H and O–H groups in total. The third-order valence-electron chi connectivity index (χ3n) is 5.00. The van der Waals surface area contributed by atoms with Crippen molar-refractivity contribution < 1.29 is 22.8 Å². The lowest BCUT2D eigenvalue weighted by Gasteiger charge is -2.12. The highest BCUT2D eigenvalue weighted by Gasteiger charge is 2.30. The second kappa shape index (κ2) is 10.1. The van der Waals surface area contributed by atoms with Crippen LogP contribution in [-0.2, 0) is 6.18 Å². The Bertz CT molecular complexity index is 1320. The van der Waals surface area contributed by atoms with Gasteiger partial charge in [0.1, 0.15) is 5.82 Å². The normalized spacial score (nSPS) is 10.9. The van der Waals surface area contributed by atoms with Crippen molar-refractivity contribution in [2.24, 2.45) is 0 Å². The molecule has 0 bridgehead atoms. The van der Waals surface area contributed by atoms with Crippen molar-refractivity contribution in [3.05, 3.63) is 108 Å². The van der Waals surface area contributed by atoms with Crippen LogP contribution in [0.3, 0.4) is 0 Å². The molecule has 0 fully saturated rings. The van der Waals surface area contributed by atoms with Crippen LogP contribution in [0.4, 0.5) is 35.2 Å². The van der Waals surface area contributed by atoms with Gasteiger partial charge in [-0.1, -0.05) is 36.4 Å². The number of halogens is 3. The van der Waals surface area contributed by atoms with Crippen LogP contribution in [0.25, 0.3) is 11.1 Å². The van der Waals surface area contributed by atoms with Crippen molar-refractivity contribution in [1.82, 2.24) is 4.98 Å². The number of nitrogens with one attached hydrogen (secondary N) is 3. The van der Waals surface area contributed by atoms with E-state index < -0.39 is 23.7 Å². The lowest BCUT2D eigenvalue weighted by molar-refractivity contribution is -0.137. The van der Waals surface area contributed by atoms with Crippen LogP contribution in [0.1, 0.15) is 15.9 Å². The number of benzene rings is 3. The van der Waals surface area contributed by atoms with Gasteiger partial charge in [-0.05, 0) is 65.7 Å². The Kier molecular flexibility index (Phi) is 6.77.